The Bertz CT molecular complexity index is 887. The fraction of sp³-hybridized carbons (Fsp3) is 0. The van der Waals surface area contributed by atoms with Gasteiger partial charge in [0.2, 0.25) is 0 Å². The largest absolute Gasteiger partial charge is 0.382 e. The third-order valence-corrected chi connectivity index (χ3v) is 3.34. The van der Waals surface area contributed by atoms with E-state index in [4.69, 9.17) is 11.5 Å². The van der Waals surface area contributed by atoms with Gasteiger partial charge in [-0.3, -0.25) is 9.59 Å². The van der Waals surface area contributed by atoms with E-state index >= 15 is 0 Å². The van der Waals surface area contributed by atoms with E-state index in [0.717, 1.165) is 0 Å². The number of amides is 2. The topological polar surface area (TPSA) is 129 Å². The zero-order valence-electron chi connectivity index (χ0n) is 12.5. The zero-order chi connectivity index (χ0) is 17.1. The van der Waals surface area contributed by atoms with Crippen LogP contribution in [0.15, 0.2) is 54.6 Å². The molecule has 8 heteroatoms. The zero-order valence-corrected chi connectivity index (χ0v) is 12.5. The number of benzene rings is 2. The first-order valence-electron chi connectivity index (χ1n) is 7.04. The number of hydrogen-bond acceptors (Lipinski definition) is 5. The molecule has 3 aromatic rings. The molecule has 1 aromatic heterocycles. The molecule has 24 heavy (non-hydrogen) atoms. The van der Waals surface area contributed by atoms with Crippen LogP contribution in [0.5, 0.6) is 0 Å². The lowest BCUT2D eigenvalue weighted by Crippen LogP contribution is -2.14. The molecular formula is C16H14N6O2. The van der Waals surface area contributed by atoms with Gasteiger partial charge in [-0.15, -0.1) is 5.10 Å². The minimum atomic E-state index is -0.745. The van der Waals surface area contributed by atoms with Crippen molar-refractivity contribution in [3.8, 4) is 5.69 Å². The SMILES string of the molecule is NC(=O)c1nnn(-c2ccc(NC(=O)c3ccccc3)cc2)c1N. The Balaban J connectivity index is 1.79. The van der Waals surface area contributed by atoms with Crippen LogP contribution in [0.3, 0.4) is 0 Å². The van der Waals surface area contributed by atoms with E-state index in [1.807, 2.05) is 6.07 Å². The van der Waals surface area contributed by atoms with Gasteiger partial charge in [0.25, 0.3) is 11.8 Å². The molecule has 8 nitrogen and oxygen atoms in total. The number of hydrogen-bond donors (Lipinski definition) is 3. The Morgan fingerprint density at radius 2 is 1.67 bits per heavy atom. The second-order valence-corrected chi connectivity index (χ2v) is 4.97. The lowest BCUT2D eigenvalue weighted by molar-refractivity contribution is 0.0994. The average molecular weight is 322 g/mol. The summed E-state index contributed by atoms with van der Waals surface area (Å²) in [5.41, 5.74) is 12.6. The number of nitrogens with one attached hydrogen (secondary N) is 1. The molecule has 0 aliphatic carbocycles. The molecule has 0 radical (unpaired) electrons. The van der Waals surface area contributed by atoms with E-state index < -0.39 is 5.91 Å². The molecule has 0 fully saturated rings. The van der Waals surface area contributed by atoms with Crippen LogP contribution in [-0.2, 0) is 0 Å². The molecule has 0 bridgehead atoms. The van der Waals surface area contributed by atoms with Gasteiger partial charge in [-0.2, -0.15) is 4.68 Å². The first-order chi connectivity index (χ1) is 11.6. The highest BCUT2D eigenvalue weighted by Gasteiger charge is 2.15. The van der Waals surface area contributed by atoms with Crippen molar-refractivity contribution in [1.82, 2.24) is 15.0 Å². The number of aromatic nitrogens is 3. The predicted molar refractivity (Wildman–Crippen MR) is 88.7 cm³/mol. The Morgan fingerprint density at radius 1 is 1.00 bits per heavy atom. The highest BCUT2D eigenvalue weighted by Crippen LogP contribution is 2.17. The molecule has 0 spiro atoms. The number of rotatable bonds is 4. The van der Waals surface area contributed by atoms with Gasteiger partial charge in [-0.25, -0.2) is 0 Å². The minimum absolute atomic E-state index is 0.0589. The summed E-state index contributed by atoms with van der Waals surface area (Å²) in [6.45, 7) is 0. The average Bonchev–Trinajstić information content (AvgIpc) is 2.98. The van der Waals surface area contributed by atoms with Gasteiger partial charge in [-0.1, -0.05) is 23.4 Å². The van der Waals surface area contributed by atoms with Crippen molar-refractivity contribution in [3.05, 3.63) is 65.9 Å². The monoisotopic (exact) mass is 322 g/mol. The van der Waals surface area contributed by atoms with Crippen molar-refractivity contribution in [1.29, 1.82) is 0 Å². The van der Waals surface area contributed by atoms with E-state index in [1.165, 1.54) is 4.68 Å². The quantitative estimate of drug-likeness (QED) is 0.664. The number of primary amides is 1. The maximum atomic E-state index is 12.1. The fourth-order valence-corrected chi connectivity index (χ4v) is 2.13. The van der Waals surface area contributed by atoms with E-state index in [-0.39, 0.29) is 17.4 Å². The summed E-state index contributed by atoms with van der Waals surface area (Å²) in [5.74, 6) is -0.895. The van der Waals surface area contributed by atoms with Crippen LogP contribution in [-0.4, -0.2) is 26.8 Å². The first-order valence-corrected chi connectivity index (χ1v) is 7.04. The number of anilines is 2. The van der Waals surface area contributed by atoms with Crippen molar-refractivity contribution in [3.63, 3.8) is 0 Å². The molecule has 0 aliphatic heterocycles. The van der Waals surface area contributed by atoms with E-state index in [2.05, 4.69) is 15.6 Å². The fourth-order valence-electron chi connectivity index (χ4n) is 2.13. The Hall–Kier alpha value is -3.68. The Kier molecular flexibility index (Phi) is 3.94. The number of carbonyl (C=O) groups excluding carboxylic acids is 2. The molecule has 0 saturated carbocycles. The van der Waals surface area contributed by atoms with E-state index in [0.29, 0.717) is 16.9 Å². The van der Waals surface area contributed by atoms with Crippen LogP contribution in [0.1, 0.15) is 20.8 Å². The Labute approximate surface area is 137 Å². The summed E-state index contributed by atoms with van der Waals surface area (Å²) in [6.07, 6.45) is 0. The summed E-state index contributed by atoms with van der Waals surface area (Å²) in [4.78, 5) is 23.2. The smallest absolute Gasteiger partial charge is 0.273 e. The predicted octanol–water partition coefficient (Wildman–Crippen LogP) is 1.20. The maximum Gasteiger partial charge on any atom is 0.273 e. The van der Waals surface area contributed by atoms with Crippen molar-refractivity contribution in [2.75, 3.05) is 11.1 Å². The van der Waals surface area contributed by atoms with Gasteiger partial charge in [0.05, 0.1) is 5.69 Å². The maximum absolute atomic E-state index is 12.1. The van der Waals surface area contributed by atoms with E-state index in [9.17, 15) is 9.59 Å². The van der Waals surface area contributed by atoms with Crippen molar-refractivity contribution in [2.24, 2.45) is 5.73 Å². The molecule has 5 N–H and O–H groups in total. The van der Waals surface area contributed by atoms with Crippen LogP contribution >= 0.6 is 0 Å². The van der Waals surface area contributed by atoms with Crippen LogP contribution in [0, 0.1) is 0 Å². The van der Waals surface area contributed by atoms with Gasteiger partial charge in [-0.05, 0) is 36.4 Å². The van der Waals surface area contributed by atoms with Crippen LogP contribution < -0.4 is 16.8 Å². The molecule has 0 aliphatic rings. The van der Waals surface area contributed by atoms with Crippen LogP contribution in [0.2, 0.25) is 0 Å². The summed E-state index contributed by atoms with van der Waals surface area (Å²) >= 11 is 0. The number of nitrogens with two attached hydrogens (primary N) is 2. The number of nitrogens with zero attached hydrogens (tertiary/aromatic N) is 3. The van der Waals surface area contributed by atoms with Crippen LogP contribution in [0.4, 0.5) is 11.5 Å². The first kappa shape index (κ1) is 15.2. The minimum Gasteiger partial charge on any atom is -0.382 e. The second kappa shape index (κ2) is 6.21. The third-order valence-electron chi connectivity index (χ3n) is 3.34. The lowest BCUT2D eigenvalue weighted by Gasteiger charge is -2.07. The van der Waals surface area contributed by atoms with Gasteiger partial charge < -0.3 is 16.8 Å². The molecule has 0 atom stereocenters. The van der Waals surface area contributed by atoms with Crippen molar-refractivity contribution >= 4 is 23.3 Å². The molecular weight excluding hydrogens is 308 g/mol. The molecule has 1 heterocycles. The summed E-state index contributed by atoms with van der Waals surface area (Å²) in [7, 11) is 0. The third kappa shape index (κ3) is 2.93. The van der Waals surface area contributed by atoms with Gasteiger partial charge >= 0.3 is 0 Å². The summed E-state index contributed by atoms with van der Waals surface area (Å²) in [6, 6.07) is 15.7. The second-order valence-electron chi connectivity index (χ2n) is 4.97. The number of nitrogen functional groups attached to an aromatic ring is 1. The Morgan fingerprint density at radius 3 is 2.25 bits per heavy atom. The van der Waals surface area contributed by atoms with Gasteiger partial charge in [0, 0.05) is 11.3 Å². The van der Waals surface area contributed by atoms with Gasteiger partial charge in [0.1, 0.15) is 0 Å². The highest BCUT2D eigenvalue weighted by atomic mass is 16.2. The molecule has 2 amide bonds. The standard InChI is InChI=1S/C16H14N6O2/c17-14-13(15(18)23)20-21-22(14)12-8-6-11(7-9-12)19-16(24)10-4-2-1-3-5-10/h1-9H,17H2,(H2,18,23)(H,19,24). The normalized spacial score (nSPS) is 10.3. The highest BCUT2D eigenvalue weighted by molar-refractivity contribution is 6.04. The number of carbonyl (C=O) groups is 2. The van der Waals surface area contributed by atoms with Crippen molar-refractivity contribution < 1.29 is 9.59 Å². The van der Waals surface area contributed by atoms with E-state index in [1.54, 1.807) is 48.5 Å². The summed E-state index contributed by atoms with van der Waals surface area (Å²) < 4.78 is 1.29. The summed E-state index contributed by atoms with van der Waals surface area (Å²) in [5, 5.41) is 10.2. The molecule has 0 unspecified atom stereocenters. The lowest BCUT2D eigenvalue weighted by atomic mass is 10.2. The van der Waals surface area contributed by atoms with Crippen molar-refractivity contribution in [2.45, 2.75) is 0 Å². The molecule has 120 valence electrons. The molecule has 3 rings (SSSR count). The van der Waals surface area contributed by atoms with Crippen LogP contribution in [0.25, 0.3) is 5.69 Å². The molecule has 0 saturated heterocycles. The van der Waals surface area contributed by atoms with Gasteiger partial charge in [0.15, 0.2) is 11.5 Å². The molecule has 2 aromatic carbocycles.